The quantitative estimate of drug-likeness (QED) is 0.813. The molecule has 0 saturated carbocycles. The zero-order valence-corrected chi connectivity index (χ0v) is 10.7. The lowest BCUT2D eigenvalue weighted by Crippen LogP contribution is -1.96. The lowest BCUT2D eigenvalue weighted by atomic mass is 9.97. The Hall–Kier alpha value is -1.77. The number of carbonyl (C=O) groups is 1. The van der Waals surface area contributed by atoms with E-state index in [-0.39, 0.29) is 0 Å². The maximum atomic E-state index is 10.7. The molecule has 0 unspecified atom stereocenters. The standard InChI is InChI=1S/C14H18O3/c1-9(2)11-5-6-13(17-4)12(8-11)10(3)7-14(15)16/h5-9H,1-4H3,(H,15,16)/b10-7+. The van der Waals surface area contributed by atoms with E-state index in [0.29, 0.717) is 17.2 Å². The minimum absolute atomic E-state index is 0.400. The van der Waals surface area contributed by atoms with Crippen molar-refractivity contribution in [2.24, 2.45) is 0 Å². The molecule has 3 heteroatoms. The minimum atomic E-state index is -0.945. The summed E-state index contributed by atoms with van der Waals surface area (Å²) in [7, 11) is 1.59. The van der Waals surface area contributed by atoms with Crippen molar-refractivity contribution in [3.05, 3.63) is 35.4 Å². The SMILES string of the molecule is COc1ccc(C(C)C)cc1/C(C)=C/C(=O)O. The summed E-state index contributed by atoms with van der Waals surface area (Å²) in [5, 5.41) is 8.77. The highest BCUT2D eigenvalue weighted by Gasteiger charge is 2.09. The van der Waals surface area contributed by atoms with Gasteiger partial charge < -0.3 is 9.84 Å². The molecule has 1 rings (SSSR count). The van der Waals surface area contributed by atoms with Gasteiger partial charge in [-0.3, -0.25) is 0 Å². The summed E-state index contributed by atoms with van der Waals surface area (Å²) in [6.07, 6.45) is 1.20. The van der Waals surface area contributed by atoms with E-state index in [1.54, 1.807) is 14.0 Å². The van der Waals surface area contributed by atoms with Gasteiger partial charge in [-0.25, -0.2) is 4.79 Å². The first kappa shape index (κ1) is 13.3. The van der Waals surface area contributed by atoms with Gasteiger partial charge in [0.05, 0.1) is 7.11 Å². The molecule has 1 aromatic rings. The van der Waals surface area contributed by atoms with E-state index in [2.05, 4.69) is 13.8 Å². The van der Waals surface area contributed by atoms with Crippen LogP contribution < -0.4 is 4.74 Å². The molecule has 3 nitrogen and oxygen atoms in total. The first-order chi connectivity index (χ1) is 7.95. The number of methoxy groups -OCH3 is 1. The molecule has 17 heavy (non-hydrogen) atoms. The zero-order chi connectivity index (χ0) is 13.0. The lowest BCUT2D eigenvalue weighted by molar-refractivity contribution is -0.131. The molecule has 0 amide bonds. The number of carboxylic acids is 1. The fourth-order valence-electron chi connectivity index (χ4n) is 1.66. The maximum Gasteiger partial charge on any atom is 0.328 e. The Morgan fingerprint density at radius 3 is 2.53 bits per heavy atom. The zero-order valence-electron chi connectivity index (χ0n) is 10.7. The predicted molar refractivity (Wildman–Crippen MR) is 68.4 cm³/mol. The number of carboxylic acid groups (broad SMARTS) is 1. The van der Waals surface area contributed by atoms with Gasteiger partial charge in [0.2, 0.25) is 0 Å². The van der Waals surface area contributed by atoms with Gasteiger partial charge in [-0.05, 0) is 36.1 Å². The number of ether oxygens (including phenoxy) is 1. The summed E-state index contributed by atoms with van der Waals surface area (Å²) < 4.78 is 5.25. The van der Waals surface area contributed by atoms with E-state index >= 15 is 0 Å². The van der Waals surface area contributed by atoms with Crippen molar-refractivity contribution in [1.82, 2.24) is 0 Å². The van der Waals surface area contributed by atoms with Gasteiger partial charge in [0, 0.05) is 11.6 Å². The van der Waals surface area contributed by atoms with Gasteiger partial charge in [-0.15, -0.1) is 0 Å². The van der Waals surface area contributed by atoms with E-state index in [0.717, 1.165) is 5.56 Å². The predicted octanol–water partition coefficient (Wildman–Crippen LogP) is 3.31. The maximum absolute atomic E-state index is 10.7. The topological polar surface area (TPSA) is 46.5 Å². The van der Waals surface area contributed by atoms with Crippen molar-refractivity contribution in [2.45, 2.75) is 26.7 Å². The van der Waals surface area contributed by atoms with Crippen LogP contribution in [0.25, 0.3) is 5.57 Å². The largest absolute Gasteiger partial charge is 0.496 e. The van der Waals surface area contributed by atoms with Gasteiger partial charge in [0.15, 0.2) is 0 Å². The van der Waals surface area contributed by atoms with Crippen LogP contribution in [0.1, 0.15) is 37.8 Å². The highest BCUT2D eigenvalue weighted by molar-refractivity contribution is 5.90. The molecule has 0 atom stereocenters. The van der Waals surface area contributed by atoms with Crippen LogP contribution in [-0.2, 0) is 4.79 Å². The van der Waals surface area contributed by atoms with Crippen molar-refractivity contribution in [1.29, 1.82) is 0 Å². The molecule has 0 radical (unpaired) electrons. The van der Waals surface area contributed by atoms with Crippen LogP contribution in [0.5, 0.6) is 5.75 Å². The monoisotopic (exact) mass is 234 g/mol. The number of hydrogen-bond acceptors (Lipinski definition) is 2. The second-order valence-corrected chi connectivity index (χ2v) is 4.28. The van der Waals surface area contributed by atoms with E-state index in [1.165, 1.54) is 11.6 Å². The smallest absolute Gasteiger partial charge is 0.328 e. The Morgan fingerprint density at radius 2 is 2.06 bits per heavy atom. The minimum Gasteiger partial charge on any atom is -0.496 e. The molecule has 0 fully saturated rings. The van der Waals surface area contributed by atoms with Gasteiger partial charge >= 0.3 is 5.97 Å². The van der Waals surface area contributed by atoms with Gasteiger partial charge in [0.1, 0.15) is 5.75 Å². The Morgan fingerprint density at radius 1 is 1.41 bits per heavy atom. The first-order valence-corrected chi connectivity index (χ1v) is 5.55. The van der Waals surface area contributed by atoms with Crippen molar-refractivity contribution in [3.8, 4) is 5.75 Å². The summed E-state index contributed by atoms with van der Waals surface area (Å²) in [5.74, 6) is 0.154. The van der Waals surface area contributed by atoms with E-state index in [1.807, 2.05) is 18.2 Å². The third kappa shape index (κ3) is 3.34. The van der Waals surface area contributed by atoms with E-state index in [4.69, 9.17) is 9.84 Å². The average Bonchev–Trinajstić information content (AvgIpc) is 2.27. The molecule has 1 N–H and O–H groups in total. The molecule has 0 spiro atoms. The van der Waals surface area contributed by atoms with Crippen LogP contribution in [0, 0.1) is 0 Å². The summed E-state index contributed by atoms with van der Waals surface area (Å²) in [6, 6.07) is 5.86. The van der Waals surface area contributed by atoms with Crippen LogP contribution in [0.3, 0.4) is 0 Å². The molecule has 0 bridgehead atoms. The average molecular weight is 234 g/mol. The number of allylic oxidation sites excluding steroid dienone is 1. The molecule has 92 valence electrons. The highest BCUT2D eigenvalue weighted by atomic mass is 16.5. The lowest BCUT2D eigenvalue weighted by Gasteiger charge is -2.12. The van der Waals surface area contributed by atoms with Crippen LogP contribution in [0.15, 0.2) is 24.3 Å². The number of rotatable bonds is 4. The Bertz CT molecular complexity index is 445. The number of hydrogen-bond donors (Lipinski definition) is 1. The fraction of sp³-hybridized carbons (Fsp3) is 0.357. The second kappa shape index (κ2) is 5.53. The molecule has 0 saturated heterocycles. The van der Waals surface area contributed by atoms with Crippen molar-refractivity contribution >= 4 is 11.5 Å². The molecule has 0 heterocycles. The Kier molecular flexibility index (Phi) is 4.32. The third-order valence-electron chi connectivity index (χ3n) is 2.66. The van der Waals surface area contributed by atoms with E-state index in [9.17, 15) is 4.79 Å². The molecule has 0 aliphatic rings. The molecule has 0 aromatic heterocycles. The molecular weight excluding hydrogens is 216 g/mol. The van der Waals surface area contributed by atoms with Crippen molar-refractivity contribution in [3.63, 3.8) is 0 Å². The Labute approximate surface area is 102 Å². The summed E-state index contributed by atoms with van der Waals surface area (Å²) in [4.78, 5) is 10.7. The van der Waals surface area contributed by atoms with Crippen LogP contribution >= 0.6 is 0 Å². The molecule has 0 aliphatic carbocycles. The van der Waals surface area contributed by atoms with Gasteiger partial charge in [-0.2, -0.15) is 0 Å². The summed E-state index contributed by atoms with van der Waals surface area (Å²) in [5.41, 5.74) is 2.69. The summed E-state index contributed by atoms with van der Waals surface area (Å²) >= 11 is 0. The second-order valence-electron chi connectivity index (χ2n) is 4.28. The molecular formula is C14H18O3. The Balaban J connectivity index is 3.28. The van der Waals surface area contributed by atoms with Gasteiger partial charge in [0.25, 0.3) is 0 Å². The van der Waals surface area contributed by atoms with Gasteiger partial charge in [-0.1, -0.05) is 19.9 Å². The van der Waals surface area contributed by atoms with Crippen LogP contribution in [-0.4, -0.2) is 18.2 Å². The van der Waals surface area contributed by atoms with Crippen LogP contribution in [0.4, 0.5) is 0 Å². The van der Waals surface area contributed by atoms with Crippen molar-refractivity contribution in [2.75, 3.05) is 7.11 Å². The fourth-order valence-corrected chi connectivity index (χ4v) is 1.66. The normalized spacial score (nSPS) is 11.7. The van der Waals surface area contributed by atoms with Crippen molar-refractivity contribution < 1.29 is 14.6 Å². The number of aliphatic carboxylic acids is 1. The summed E-state index contributed by atoms with van der Waals surface area (Å²) in [6.45, 7) is 5.97. The van der Waals surface area contributed by atoms with E-state index < -0.39 is 5.97 Å². The third-order valence-corrected chi connectivity index (χ3v) is 2.66. The highest BCUT2D eigenvalue weighted by Crippen LogP contribution is 2.29. The molecule has 1 aromatic carbocycles. The molecule has 0 aliphatic heterocycles. The number of benzene rings is 1. The first-order valence-electron chi connectivity index (χ1n) is 5.55. The van der Waals surface area contributed by atoms with Crippen LogP contribution in [0.2, 0.25) is 0 Å².